The number of ether oxygens (including phenoxy) is 1. The topological polar surface area (TPSA) is 90.1 Å². The Bertz CT molecular complexity index is 538. The first kappa shape index (κ1) is 12.3. The van der Waals surface area contributed by atoms with Crippen LogP contribution in [0.25, 0.3) is 0 Å². The largest absolute Gasteiger partial charge is 0.494 e. The van der Waals surface area contributed by atoms with E-state index in [1.54, 1.807) is 24.3 Å². The lowest BCUT2D eigenvalue weighted by atomic mass is 10.3. The highest BCUT2D eigenvalue weighted by Gasteiger charge is 2.11. The van der Waals surface area contributed by atoms with Crippen LogP contribution < -0.4 is 15.8 Å². The fraction of sp³-hybridized carbons (Fsp3) is 0.182. The lowest BCUT2D eigenvalue weighted by Gasteiger charge is -2.05. The number of anilines is 2. The molecule has 1 aromatic heterocycles. The quantitative estimate of drug-likeness (QED) is 0.878. The molecular weight excluding hydrogens is 252 g/mol. The van der Waals surface area contributed by atoms with E-state index >= 15 is 0 Å². The second-order valence-electron chi connectivity index (χ2n) is 3.36. The number of aromatic nitrogens is 2. The third-order valence-electron chi connectivity index (χ3n) is 2.06. The van der Waals surface area contributed by atoms with Gasteiger partial charge in [0.15, 0.2) is 0 Å². The monoisotopic (exact) mass is 264 g/mol. The summed E-state index contributed by atoms with van der Waals surface area (Å²) in [5.41, 5.74) is 6.08. The Morgan fingerprint density at radius 3 is 2.67 bits per heavy atom. The zero-order valence-corrected chi connectivity index (χ0v) is 10.5. The number of nitrogens with two attached hydrogens (primary N) is 1. The van der Waals surface area contributed by atoms with Gasteiger partial charge in [-0.1, -0.05) is 11.3 Å². The molecule has 0 radical (unpaired) electrons. The Labute approximate surface area is 108 Å². The molecule has 0 aliphatic carbocycles. The van der Waals surface area contributed by atoms with Crippen molar-refractivity contribution < 1.29 is 9.53 Å². The SMILES string of the molecule is CCOc1ccc(NC(=O)c2nnc(N)s2)cc1. The highest BCUT2D eigenvalue weighted by molar-refractivity contribution is 7.16. The molecule has 1 aromatic carbocycles. The van der Waals surface area contributed by atoms with Crippen molar-refractivity contribution in [3.8, 4) is 5.75 Å². The van der Waals surface area contributed by atoms with Crippen LogP contribution in [0, 0.1) is 0 Å². The number of nitrogens with one attached hydrogen (secondary N) is 1. The van der Waals surface area contributed by atoms with Crippen LogP contribution in [0.2, 0.25) is 0 Å². The molecule has 0 saturated carbocycles. The highest BCUT2D eigenvalue weighted by atomic mass is 32.1. The summed E-state index contributed by atoms with van der Waals surface area (Å²) in [7, 11) is 0. The average molecular weight is 264 g/mol. The molecule has 2 aromatic rings. The molecule has 0 aliphatic rings. The molecule has 2 rings (SSSR count). The number of rotatable bonds is 4. The molecule has 94 valence electrons. The number of hydrogen-bond acceptors (Lipinski definition) is 6. The minimum absolute atomic E-state index is 0.237. The van der Waals surface area contributed by atoms with E-state index < -0.39 is 0 Å². The van der Waals surface area contributed by atoms with Crippen LogP contribution in [0.4, 0.5) is 10.8 Å². The number of carbonyl (C=O) groups excluding carboxylic acids is 1. The summed E-state index contributed by atoms with van der Waals surface area (Å²) >= 11 is 1.05. The first-order chi connectivity index (χ1) is 8.69. The Hall–Kier alpha value is -2.15. The van der Waals surface area contributed by atoms with Gasteiger partial charge in [0, 0.05) is 5.69 Å². The molecule has 0 bridgehead atoms. The highest BCUT2D eigenvalue weighted by Crippen LogP contribution is 2.17. The molecule has 1 heterocycles. The molecule has 0 aliphatic heterocycles. The van der Waals surface area contributed by atoms with Crippen LogP contribution in [0.15, 0.2) is 24.3 Å². The van der Waals surface area contributed by atoms with Crippen LogP contribution in [0.1, 0.15) is 16.7 Å². The summed E-state index contributed by atoms with van der Waals surface area (Å²) in [6.07, 6.45) is 0. The van der Waals surface area contributed by atoms with Gasteiger partial charge in [-0.2, -0.15) is 0 Å². The molecule has 0 spiro atoms. The van der Waals surface area contributed by atoms with Gasteiger partial charge in [0.1, 0.15) is 5.75 Å². The van der Waals surface area contributed by atoms with Gasteiger partial charge in [0.05, 0.1) is 6.61 Å². The van der Waals surface area contributed by atoms with Gasteiger partial charge in [-0.3, -0.25) is 4.79 Å². The van der Waals surface area contributed by atoms with Gasteiger partial charge < -0.3 is 15.8 Å². The fourth-order valence-electron chi connectivity index (χ4n) is 1.31. The maximum Gasteiger partial charge on any atom is 0.286 e. The lowest BCUT2D eigenvalue weighted by Crippen LogP contribution is -2.11. The first-order valence-corrected chi connectivity index (χ1v) is 6.14. The van der Waals surface area contributed by atoms with Crippen molar-refractivity contribution in [2.75, 3.05) is 17.7 Å². The van der Waals surface area contributed by atoms with Gasteiger partial charge in [-0.15, -0.1) is 10.2 Å². The minimum Gasteiger partial charge on any atom is -0.494 e. The number of hydrogen-bond donors (Lipinski definition) is 2. The van der Waals surface area contributed by atoms with Gasteiger partial charge in [0.2, 0.25) is 10.1 Å². The molecule has 0 saturated heterocycles. The van der Waals surface area contributed by atoms with Crippen LogP contribution in [-0.4, -0.2) is 22.7 Å². The lowest BCUT2D eigenvalue weighted by molar-refractivity contribution is 0.102. The number of amides is 1. The summed E-state index contributed by atoms with van der Waals surface area (Å²) in [4.78, 5) is 11.7. The zero-order valence-electron chi connectivity index (χ0n) is 9.71. The van der Waals surface area contributed by atoms with Crippen molar-refractivity contribution in [3.05, 3.63) is 29.3 Å². The van der Waals surface area contributed by atoms with Crippen LogP contribution in [-0.2, 0) is 0 Å². The van der Waals surface area contributed by atoms with Crippen molar-refractivity contribution in [1.29, 1.82) is 0 Å². The summed E-state index contributed by atoms with van der Waals surface area (Å²) in [6, 6.07) is 7.09. The number of benzene rings is 1. The van der Waals surface area contributed by atoms with E-state index in [2.05, 4.69) is 15.5 Å². The Morgan fingerprint density at radius 2 is 2.11 bits per heavy atom. The standard InChI is InChI=1S/C11H12N4O2S/c1-2-17-8-5-3-7(4-6-8)13-9(16)10-14-15-11(12)18-10/h3-6H,2H2,1H3,(H2,12,15)(H,13,16). The second-order valence-corrected chi connectivity index (χ2v) is 4.37. The van der Waals surface area contributed by atoms with E-state index in [-0.39, 0.29) is 16.0 Å². The number of nitrogen functional groups attached to an aromatic ring is 1. The normalized spacial score (nSPS) is 10.1. The molecule has 18 heavy (non-hydrogen) atoms. The molecule has 7 heteroatoms. The predicted molar refractivity (Wildman–Crippen MR) is 69.9 cm³/mol. The molecular formula is C11H12N4O2S. The molecule has 6 nitrogen and oxygen atoms in total. The van der Waals surface area contributed by atoms with Crippen LogP contribution in [0.3, 0.4) is 0 Å². The molecule has 0 atom stereocenters. The van der Waals surface area contributed by atoms with Gasteiger partial charge in [-0.25, -0.2) is 0 Å². The number of nitrogens with zero attached hydrogens (tertiary/aromatic N) is 2. The molecule has 1 amide bonds. The van der Waals surface area contributed by atoms with E-state index in [1.807, 2.05) is 6.92 Å². The van der Waals surface area contributed by atoms with Crippen molar-refractivity contribution in [2.45, 2.75) is 6.92 Å². The summed E-state index contributed by atoms with van der Waals surface area (Å²) < 4.78 is 5.30. The van der Waals surface area contributed by atoms with Crippen molar-refractivity contribution in [2.24, 2.45) is 0 Å². The Balaban J connectivity index is 2.03. The maximum absolute atomic E-state index is 11.7. The van der Waals surface area contributed by atoms with Crippen LogP contribution >= 0.6 is 11.3 Å². The second kappa shape index (κ2) is 5.46. The van der Waals surface area contributed by atoms with Crippen LogP contribution in [0.5, 0.6) is 5.75 Å². The summed E-state index contributed by atoms with van der Waals surface area (Å²) in [5.74, 6) is 0.434. The van der Waals surface area contributed by atoms with Gasteiger partial charge >= 0.3 is 0 Å². The van der Waals surface area contributed by atoms with Gasteiger partial charge in [0.25, 0.3) is 5.91 Å². The minimum atomic E-state index is -0.326. The zero-order chi connectivity index (χ0) is 13.0. The van der Waals surface area contributed by atoms with Crippen molar-refractivity contribution in [3.63, 3.8) is 0 Å². The Morgan fingerprint density at radius 1 is 1.39 bits per heavy atom. The van der Waals surface area contributed by atoms with E-state index in [9.17, 15) is 4.79 Å². The average Bonchev–Trinajstić information content (AvgIpc) is 2.79. The maximum atomic E-state index is 11.7. The van der Waals surface area contributed by atoms with E-state index in [0.29, 0.717) is 12.3 Å². The molecule has 3 N–H and O–H groups in total. The molecule has 0 unspecified atom stereocenters. The number of carbonyl (C=O) groups is 1. The van der Waals surface area contributed by atoms with Gasteiger partial charge in [-0.05, 0) is 31.2 Å². The fourth-order valence-corrected chi connectivity index (χ4v) is 1.82. The predicted octanol–water partition coefficient (Wildman–Crippen LogP) is 1.77. The third kappa shape index (κ3) is 2.95. The third-order valence-corrected chi connectivity index (χ3v) is 2.81. The van der Waals surface area contributed by atoms with E-state index in [1.165, 1.54) is 0 Å². The smallest absolute Gasteiger partial charge is 0.286 e. The summed E-state index contributed by atoms with van der Waals surface area (Å²) in [6.45, 7) is 2.52. The summed E-state index contributed by atoms with van der Waals surface area (Å²) in [5, 5.41) is 10.5. The van der Waals surface area contributed by atoms with Crippen molar-refractivity contribution >= 4 is 28.1 Å². The van der Waals surface area contributed by atoms with E-state index in [0.717, 1.165) is 17.1 Å². The van der Waals surface area contributed by atoms with Crippen molar-refractivity contribution in [1.82, 2.24) is 10.2 Å². The molecule has 0 fully saturated rings. The first-order valence-electron chi connectivity index (χ1n) is 5.32. The van der Waals surface area contributed by atoms with E-state index in [4.69, 9.17) is 10.5 Å². The Kier molecular flexibility index (Phi) is 3.73.